The zero-order valence-corrected chi connectivity index (χ0v) is 9.63. The quantitative estimate of drug-likeness (QED) is 0.814. The highest BCUT2D eigenvalue weighted by Gasteiger charge is 2.40. The second-order valence-electron chi connectivity index (χ2n) is 4.37. The fraction of sp³-hybridized carbons (Fsp3) is 0.583. The normalized spacial score (nSPS) is 17.5. The summed E-state index contributed by atoms with van der Waals surface area (Å²) in [6.07, 6.45) is 3.61. The van der Waals surface area contributed by atoms with Crippen molar-refractivity contribution < 1.29 is 4.74 Å². The third kappa shape index (κ3) is 2.29. The number of nitrogens with one attached hydrogen (secondary N) is 1. The van der Waals surface area contributed by atoms with E-state index in [0.717, 1.165) is 18.0 Å². The number of nitrogens with zero attached hydrogens (tertiary/aromatic N) is 1. The van der Waals surface area contributed by atoms with Crippen molar-refractivity contribution in [1.82, 2.24) is 10.3 Å². The highest BCUT2D eigenvalue weighted by molar-refractivity contribution is 5.28. The molecule has 1 N–H and O–H groups in total. The van der Waals surface area contributed by atoms with Gasteiger partial charge in [-0.3, -0.25) is 0 Å². The van der Waals surface area contributed by atoms with Gasteiger partial charge in [-0.2, -0.15) is 0 Å². The molecule has 0 unspecified atom stereocenters. The molecule has 0 saturated heterocycles. The molecule has 82 valence electrons. The lowest BCUT2D eigenvalue weighted by atomic mass is 10.0. The van der Waals surface area contributed by atoms with Crippen LogP contribution in [0, 0.1) is 6.92 Å². The van der Waals surface area contributed by atoms with Crippen LogP contribution in [0.3, 0.4) is 0 Å². The van der Waals surface area contributed by atoms with E-state index in [1.165, 1.54) is 18.4 Å². The minimum absolute atomic E-state index is 0.346. The molecule has 2 rings (SSSR count). The summed E-state index contributed by atoms with van der Waals surface area (Å²) in [5.74, 6) is 0.719. The fourth-order valence-electron chi connectivity index (χ4n) is 1.97. The molecular weight excluding hydrogens is 188 g/mol. The molecule has 0 aliphatic heterocycles. The molecule has 0 spiro atoms. The molecule has 3 nitrogen and oxygen atoms in total. The van der Waals surface area contributed by atoms with E-state index < -0.39 is 0 Å². The number of rotatable bonds is 4. The predicted octanol–water partition coefficient (Wildman–Crippen LogP) is 1.69. The van der Waals surface area contributed by atoms with Crippen molar-refractivity contribution in [3.8, 4) is 5.88 Å². The van der Waals surface area contributed by atoms with Gasteiger partial charge in [-0.25, -0.2) is 4.98 Å². The topological polar surface area (TPSA) is 34.2 Å². The average Bonchev–Trinajstić information content (AvgIpc) is 2.97. The Balaban J connectivity index is 2.17. The third-order valence-electron chi connectivity index (χ3n) is 3.13. The Kier molecular flexibility index (Phi) is 2.65. The third-order valence-corrected chi connectivity index (χ3v) is 3.13. The number of methoxy groups -OCH3 is 1. The second-order valence-corrected chi connectivity index (χ2v) is 4.37. The van der Waals surface area contributed by atoms with Crippen LogP contribution in [0.1, 0.15) is 24.1 Å². The van der Waals surface area contributed by atoms with Crippen LogP contribution < -0.4 is 10.1 Å². The summed E-state index contributed by atoms with van der Waals surface area (Å²) in [7, 11) is 3.70. The highest BCUT2D eigenvalue weighted by atomic mass is 16.5. The molecule has 1 aliphatic rings. The van der Waals surface area contributed by atoms with E-state index in [2.05, 4.69) is 16.4 Å². The minimum Gasteiger partial charge on any atom is -0.481 e. The summed E-state index contributed by atoms with van der Waals surface area (Å²) in [5.41, 5.74) is 2.68. The van der Waals surface area contributed by atoms with Crippen LogP contribution >= 0.6 is 0 Å². The van der Waals surface area contributed by atoms with Crippen molar-refractivity contribution in [3.63, 3.8) is 0 Å². The van der Waals surface area contributed by atoms with Gasteiger partial charge >= 0.3 is 0 Å². The monoisotopic (exact) mass is 206 g/mol. The minimum atomic E-state index is 0.346. The molecule has 1 aromatic heterocycles. The summed E-state index contributed by atoms with van der Waals surface area (Å²) in [6.45, 7) is 2.00. The van der Waals surface area contributed by atoms with Crippen molar-refractivity contribution in [1.29, 1.82) is 0 Å². The predicted molar refractivity (Wildman–Crippen MR) is 60.3 cm³/mol. The number of likely N-dealkylation sites (N-methyl/N-ethyl adjacent to an activating group) is 1. The Hall–Kier alpha value is -1.09. The highest BCUT2D eigenvalue weighted by Crippen LogP contribution is 2.38. The SMILES string of the molecule is CNC1(Cc2cc(C)nc(OC)c2)CC1. The Morgan fingerprint density at radius 1 is 1.47 bits per heavy atom. The van der Waals surface area contributed by atoms with E-state index in [9.17, 15) is 0 Å². The molecule has 15 heavy (non-hydrogen) atoms. The Morgan fingerprint density at radius 2 is 2.20 bits per heavy atom. The van der Waals surface area contributed by atoms with E-state index in [1.54, 1.807) is 7.11 Å². The number of hydrogen-bond donors (Lipinski definition) is 1. The van der Waals surface area contributed by atoms with Crippen LogP contribution in [0.5, 0.6) is 5.88 Å². The van der Waals surface area contributed by atoms with Gasteiger partial charge in [0.25, 0.3) is 0 Å². The van der Waals surface area contributed by atoms with Gasteiger partial charge in [0.05, 0.1) is 7.11 Å². The first-order chi connectivity index (χ1) is 7.17. The smallest absolute Gasteiger partial charge is 0.213 e. The molecule has 1 heterocycles. The first-order valence-corrected chi connectivity index (χ1v) is 5.38. The number of hydrogen-bond acceptors (Lipinski definition) is 3. The van der Waals surface area contributed by atoms with Crippen LogP contribution in [0.4, 0.5) is 0 Å². The summed E-state index contributed by atoms with van der Waals surface area (Å²) in [5, 5.41) is 3.40. The van der Waals surface area contributed by atoms with E-state index in [-0.39, 0.29) is 0 Å². The first-order valence-electron chi connectivity index (χ1n) is 5.38. The van der Waals surface area contributed by atoms with Gasteiger partial charge in [0, 0.05) is 17.3 Å². The van der Waals surface area contributed by atoms with E-state index in [4.69, 9.17) is 4.74 Å². The lowest BCUT2D eigenvalue weighted by molar-refractivity contribution is 0.395. The molecule has 0 bridgehead atoms. The molecule has 1 fully saturated rings. The maximum Gasteiger partial charge on any atom is 0.213 e. The number of aryl methyl sites for hydroxylation is 1. The summed E-state index contributed by atoms with van der Waals surface area (Å²) in [6, 6.07) is 4.17. The van der Waals surface area contributed by atoms with Gasteiger partial charge in [-0.05, 0) is 44.9 Å². The van der Waals surface area contributed by atoms with Gasteiger partial charge in [-0.1, -0.05) is 0 Å². The maximum atomic E-state index is 5.17. The zero-order valence-electron chi connectivity index (χ0n) is 9.63. The molecule has 0 aromatic carbocycles. The molecule has 1 saturated carbocycles. The molecule has 0 atom stereocenters. The van der Waals surface area contributed by atoms with Gasteiger partial charge in [-0.15, -0.1) is 0 Å². The van der Waals surface area contributed by atoms with Crippen molar-refractivity contribution >= 4 is 0 Å². The van der Waals surface area contributed by atoms with E-state index in [1.807, 2.05) is 20.0 Å². The fourth-order valence-corrected chi connectivity index (χ4v) is 1.97. The molecular formula is C12H18N2O. The second kappa shape index (κ2) is 3.81. The molecule has 1 aliphatic carbocycles. The van der Waals surface area contributed by atoms with Gasteiger partial charge in [0.15, 0.2) is 0 Å². The molecule has 3 heteroatoms. The van der Waals surface area contributed by atoms with Gasteiger partial charge < -0.3 is 10.1 Å². The van der Waals surface area contributed by atoms with E-state index >= 15 is 0 Å². The summed E-state index contributed by atoms with van der Waals surface area (Å²) >= 11 is 0. The standard InChI is InChI=1S/C12H18N2O/c1-9-6-10(7-11(14-9)15-3)8-12(13-2)4-5-12/h6-7,13H,4-5,8H2,1-3H3. The zero-order chi connectivity index (χ0) is 10.9. The molecule has 0 amide bonds. The van der Waals surface area contributed by atoms with Crippen LogP contribution in [0.15, 0.2) is 12.1 Å². The lowest BCUT2D eigenvalue weighted by Gasteiger charge is -2.14. The molecule has 0 radical (unpaired) electrons. The van der Waals surface area contributed by atoms with Crippen LogP contribution in [0.25, 0.3) is 0 Å². The largest absolute Gasteiger partial charge is 0.481 e. The van der Waals surface area contributed by atoms with Crippen LogP contribution in [-0.4, -0.2) is 24.7 Å². The summed E-state index contributed by atoms with van der Waals surface area (Å²) < 4.78 is 5.17. The van der Waals surface area contributed by atoms with Crippen LogP contribution in [-0.2, 0) is 6.42 Å². The number of ether oxygens (including phenoxy) is 1. The number of pyridine rings is 1. The van der Waals surface area contributed by atoms with Crippen molar-refractivity contribution in [2.24, 2.45) is 0 Å². The molecule has 1 aromatic rings. The lowest BCUT2D eigenvalue weighted by Crippen LogP contribution is -2.29. The Labute approximate surface area is 90.9 Å². The van der Waals surface area contributed by atoms with Crippen LogP contribution in [0.2, 0.25) is 0 Å². The van der Waals surface area contributed by atoms with Crippen molar-refractivity contribution in [2.75, 3.05) is 14.2 Å². The maximum absolute atomic E-state index is 5.17. The number of aromatic nitrogens is 1. The van der Waals surface area contributed by atoms with Gasteiger partial charge in [0.2, 0.25) is 5.88 Å². The van der Waals surface area contributed by atoms with Gasteiger partial charge in [0.1, 0.15) is 0 Å². The average molecular weight is 206 g/mol. The van der Waals surface area contributed by atoms with Crippen molar-refractivity contribution in [2.45, 2.75) is 31.7 Å². The van der Waals surface area contributed by atoms with Crippen molar-refractivity contribution in [3.05, 3.63) is 23.4 Å². The van der Waals surface area contributed by atoms with E-state index in [0.29, 0.717) is 5.54 Å². The Bertz CT molecular complexity index is 359. The first kappa shape index (κ1) is 10.4. The Morgan fingerprint density at radius 3 is 2.73 bits per heavy atom. The summed E-state index contributed by atoms with van der Waals surface area (Å²) in [4.78, 5) is 4.29.